The molecule has 2 amide bonds. The largest absolute Gasteiger partial charge is 0.427 e. The van der Waals surface area contributed by atoms with E-state index in [-0.39, 0.29) is 27.8 Å². The van der Waals surface area contributed by atoms with E-state index in [9.17, 15) is 23.1 Å². The minimum Gasteiger partial charge on any atom is -0.392 e. The van der Waals surface area contributed by atoms with E-state index in [4.69, 9.17) is 16.3 Å². The number of benzene rings is 2. The Morgan fingerprint density at radius 1 is 1.31 bits per heavy atom. The molecule has 2 aliphatic rings. The maximum Gasteiger partial charge on any atom is 0.427 e. The van der Waals surface area contributed by atoms with Gasteiger partial charge in [-0.2, -0.15) is 13.2 Å². The van der Waals surface area contributed by atoms with Crippen LogP contribution in [0.2, 0.25) is 5.02 Å². The molecule has 1 heterocycles. The monoisotopic (exact) mass is 464 g/mol. The maximum absolute atomic E-state index is 14.5. The fourth-order valence-corrected chi connectivity index (χ4v) is 3.92. The highest BCUT2D eigenvalue weighted by Crippen LogP contribution is 2.49. The van der Waals surface area contributed by atoms with Crippen molar-refractivity contribution in [2.75, 3.05) is 12.0 Å². The van der Waals surface area contributed by atoms with Gasteiger partial charge < -0.3 is 15.2 Å². The molecule has 0 bridgehead atoms. The zero-order valence-electron chi connectivity index (χ0n) is 17.0. The zero-order valence-corrected chi connectivity index (χ0v) is 17.8. The highest BCUT2D eigenvalue weighted by Gasteiger charge is 2.61. The lowest BCUT2D eigenvalue weighted by Crippen LogP contribution is -2.63. The molecule has 0 aromatic heterocycles. The molecule has 1 aliphatic heterocycles. The Labute approximate surface area is 188 Å². The average Bonchev–Trinajstić information content (AvgIpc) is 3.59. The number of ether oxygens (including phenoxy) is 1. The van der Waals surface area contributed by atoms with Crippen LogP contribution in [0.5, 0.6) is 0 Å². The Kier molecular flexibility index (Phi) is 5.84. The average molecular weight is 465 g/mol. The lowest BCUT2D eigenvalue weighted by Gasteiger charge is -2.44. The lowest BCUT2D eigenvalue weighted by atomic mass is 9.84. The normalized spacial score (nSPS) is 21.3. The summed E-state index contributed by atoms with van der Waals surface area (Å²) in [6, 6.07) is 9.99. The number of aliphatic hydroxyl groups excluding tert-OH is 1. The van der Waals surface area contributed by atoms with Gasteiger partial charge in [-0.25, -0.2) is 4.79 Å². The molecule has 2 atom stereocenters. The fraction of sp³-hybridized carbons (Fsp3) is 0.348. The molecule has 9 heteroatoms. The highest BCUT2D eigenvalue weighted by molar-refractivity contribution is 6.31. The van der Waals surface area contributed by atoms with Crippen molar-refractivity contribution < 1.29 is 27.8 Å². The lowest BCUT2D eigenvalue weighted by molar-refractivity contribution is -0.179. The number of rotatable bonds is 4. The molecule has 5 nitrogen and oxygen atoms in total. The second-order valence-corrected chi connectivity index (χ2v) is 8.12. The SMILES string of the molecule is COC(c1ccccc1)N1C(=O)NC(C#CC2CC2)(C(F)(F)F)c2cc(Cl)c(CO)cc21. The minimum absolute atomic E-state index is 0.0575. The minimum atomic E-state index is -4.93. The van der Waals surface area contributed by atoms with Crippen LogP contribution in [0.3, 0.4) is 0 Å². The molecular weight excluding hydrogens is 445 g/mol. The number of hydrogen-bond acceptors (Lipinski definition) is 3. The summed E-state index contributed by atoms with van der Waals surface area (Å²) in [7, 11) is 1.35. The smallest absolute Gasteiger partial charge is 0.392 e. The molecule has 0 saturated heterocycles. The number of amides is 2. The van der Waals surface area contributed by atoms with Gasteiger partial charge in [0.15, 0.2) is 6.23 Å². The van der Waals surface area contributed by atoms with Crippen LogP contribution in [0, 0.1) is 17.8 Å². The Balaban J connectivity index is 1.97. The van der Waals surface area contributed by atoms with Crippen molar-refractivity contribution >= 4 is 23.3 Å². The summed E-state index contributed by atoms with van der Waals surface area (Å²) in [6.45, 7) is -0.517. The van der Waals surface area contributed by atoms with Crippen molar-refractivity contribution in [2.24, 2.45) is 5.92 Å². The zero-order chi connectivity index (χ0) is 23.1. The first-order valence-electron chi connectivity index (χ1n) is 9.94. The summed E-state index contributed by atoms with van der Waals surface area (Å²) >= 11 is 6.19. The third kappa shape index (κ3) is 3.81. The molecule has 2 N–H and O–H groups in total. The molecule has 168 valence electrons. The highest BCUT2D eigenvalue weighted by atomic mass is 35.5. The number of aliphatic hydroxyl groups is 1. The van der Waals surface area contributed by atoms with Crippen LogP contribution in [0.15, 0.2) is 42.5 Å². The number of methoxy groups -OCH3 is 1. The van der Waals surface area contributed by atoms with Crippen LogP contribution >= 0.6 is 11.6 Å². The molecule has 1 saturated carbocycles. The number of urea groups is 1. The van der Waals surface area contributed by atoms with Crippen LogP contribution in [0.4, 0.5) is 23.7 Å². The molecule has 2 aromatic carbocycles. The van der Waals surface area contributed by atoms with Crippen LogP contribution in [-0.2, 0) is 16.9 Å². The molecule has 32 heavy (non-hydrogen) atoms. The van der Waals surface area contributed by atoms with E-state index in [2.05, 4.69) is 17.2 Å². The van der Waals surface area contributed by atoms with Gasteiger partial charge in [-0.15, -0.1) is 0 Å². The van der Waals surface area contributed by atoms with Crippen molar-refractivity contribution in [1.82, 2.24) is 5.32 Å². The number of alkyl halides is 3. The first-order chi connectivity index (χ1) is 15.2. The van der Waals surface area contributed by atoms with Gasteiger partial charge in [-0.05, 0) is 30.5 Å². The van der Waals surface area contributed by atoms with Crippen molar-refractivity contribution in [3.05, 3.63) is 64.2 Å². The molecule has 2 unspecified atom stereocenters. The van der Waals surface area contributed by atoms with Gasteiger partial charge in [0.1, 0.15) is 0 Å². The van der Waals surface area contributed by atoms with Crippen molar-refractivity contribution in [3.63, 3.8) is 0 Å². The number of hydrogen-bond donors (Lipinski definition) is 2. The summed E-state index contributed by atoms with van der Waals surface area (Å²) in [5.41, 5.74) is -2.61. The van der Waals surface area contributed by atoms with Gasteiger partial charge in [0.25, 0.3) is 0 Å². The van der Waals surface area contributed by atoms with Gasteiger partial charge in [0.05, 0.1) is 12.3 Å². The van der Waals surface area contributed by atoms with Gasteiger partial charge in [0, 0.05) is 29.2 Å². The topological polar surface area (TPSA) is 61.8 Å². The van der Waals surface area contributed by atoms with E-state index >= 15 is 0 Å². The Morgan fingerprint density at radius 2 is 2.00 bits per heavy atom. The molecule has 0 radical (unpaired) electrons. The maximum atomic E-state index is 14.5. The van der Waals surface area contributed by atoms with Crippen molar-refractivity contribution in [1.29, 1.82) is 0 Å². The van der Waals surface area contributed by atoms with Gasteiger partial charge in [0.2, 0.25) is 5.54 Å². The standard InChI is InChI=1S/C23H20ClF3N2O3/c1-32-20(15-5-3-2-4-6-15)29-19-11-16(13-30)18(24)12-17(19)22(23(25,26)27,28-21(29)31)10-9-14-7-8-14/h2-6,11-12,14,20,30H,7-8,13H2,1H3,(H,28,31). The summed E-state index contributed by atoms with van der Waals surface area (Å²) in [5.74, 6) is 4.83. The molecule has 0 spiro atoms. The number of nitrogens with one attached hydrogen (secondary N) is 1. The van der Waals surface area contributed by atoms with Gasteiger partial charge in [-0.3, -0.25) is 4.90 Å². The van der Waals surface area contributed by atoms with Crippen LogP contribution in [0.1, 0.15) is 35.8 Å². The van der Waals surface area contributed by atoms with E-state index < -0.39 is 30.6 Å². The number of halogens is 4. The van der Waals surface area contributed by atoms with Gasteiger partial charge >= 0.3 is 12.2 Å². The quantitative estimate of drug-likeness (QED) is 0.634. The Bertz CT molecular complexity index is 1090. The van der Waals surface area contributed by atoms with Crippen molar-refractivity contribution in [3.8, 4) is 11.8 Å². The number of nitrogens with zero attached hydrogens (tertiary/aromatic N) is 1. The predicted octanol–water partition coefficient (Wildman–Crippen LogP) is 4.88. The second kappa shape index (κ2) is 8.32. The van der Waals surface area contributed by atoms with Crippen molar-refractivity contribution in [2.45, 2.75) is 37.4 Å². The third-order valence-corrected chi connectivity index (χ3v) is 5.87. The van der Waals surface area contributed by atoms with Crippen LogP contribution < -0.4 is 10.2 Å². The van der Waals surface area contributed by atoms with E-state index in [1.54, 1.807) is 30.3 Å². The van der Waals surface area contributed by atoms with E-state index in [1.165, 1.54) is 13.2 Å². The number of carbonyl (C=O) groups is 1. The van der Waals surface area contributed by atoms with Crippen LogP contribution in [0.25, 0.3) is 0 Å². The second-order valence-electron chi connectivity index (χ2n) is 7.71. The van der Waals surface area contributed by atoms with E-state index in [0.29, 0.717) is 5.56 Å². The van der Waals surface area contributed by atoms with Gasteiger partial charge in [-0.1, -0.05) is 53.8 Å². The molecule has 2 aromatic rings. The number of carbonyl (C=O) groups excluding carboxylic acids is 1. The van der Waals surface area contributed by atoms with E-state index in [0.717, 1.165) is 23.8 Å². The Morgan fingerprint density at radius 3 is 2.56 bits per heavy atom. The molecule has 4 rings (SSSR count). The summed E-state index contributed by atoms with van der Waals surface area (Å²) in [5, 5.41) is 11.7. The fourth-order valence-electron chi connectivity index (χ4n) is 3.70. The first kappa shape index (κ1) is 22.5. The first-order valence-corrected chi connectivity index (χ1v) is 10.3. The van der Waals surface area contributed by atoms with E-state index in [1.807, 2.05) is 0 Å². The number of anilines is 1. The number of fused-ring (bicyclic) bond motifs is 1. The van der Waals surface area contributed by atoms with Crippen LogP contribution in [-0.4, -0.2) is 24.4 Å². The Hall–Kier alpha value is -2.73. The summed E-state index contributed by atoms with van der Waals surface area (Å²) < 4.78 is 49.0. The summed E-state index contributed by atoms with van der Waals surface area (Å²) in [6.07, 6.45) is -4.51. The summed E-state index contributed by atoms with van der Waals surface area (Å²) in [4.78, 5) is 14.3. The molecular formula is C23H20ClF3N2O3. The molecule has 1 fully saturated rings. The third-order valence-electron chi connectivity index (χ3n) is 5.52. The molecule has 1 aliphatic carbocycles. The predicted molar refractivity (Wildman–Crippen MR) is 113 cm³/mol.